The topological polar surface area (TPSA) is 91.4 Å². The number of phenolic OH excluding ortho intramolecular Hbond substituents is 1. The molecule has 2 aromatic carbocycles. The lowest BCUT2D eigenvalue weighted by Crippen LogP contribution is -2.22. The first-order chi connectivity index (χ1) is 11.1. The summed E-state index contributed by atoms with van der Waals surface area (Å²) in [6.45, 7) is 0. The van der Waals surface area contributed by atoms with Gasteiger partial charge in [-0.15, -0.1) is 0 Å². The van der Waals surface area contributed by atoms with Crippen molar-refractivity contribution in [2.75, 3.05) is 12.4 Å². The molecule has 0 atom stereocenters. The van der Waals surface area contributed by atoms with Gasteiger partial charge in [-0.1, -0.05) is 12.1 Å². The van der Waals surface area contributed by atoms with Gasteiger partial charge in [0.2, 0.25) is 5.43 Å². The fourth-order valence-corrected chi connectivity index (χ4v) is 2.35. The van der Waals surface area contributed by atoms with Crippen LogP contribution in [0.3, 0.4) is 0 Å². The van der Waals surface area contributed by atoms with Gasteiger partial charge in [0.1, 0.15) is 17.1 Å². The van der Waals surface area contributed by atoms with Crippen LogP contribution in [0.5, 0.6) is 11.5 Å². The summed E-state index contributed by atoms with van der Waals surface area (Å²) in [4.78, 5) is 27.7. The van der Waals surface area contributed by atoms with Crippen LogP contribution >= 0.6 is 0 Å². The highest BCUT2D eigenvalue weighted by molar-refractivity contribution is 6.06. The van der Waals surface area contributed by atoms with Crippen LogP contribution in [0.25, 0.3) is 10.9 Å². The van der Waals surface area contributed by atoms with Gasteiger partial charge in [0.25, 0.3) is 5.91 Å². The first-order valence-corrected chi connectivity index (χ1v) is 6.89. The average molecular weight is 310 g/mol. The Morgan fingerprint density at radius 3 is 2.74 bits per heavy atom. The molecule has 0 fully saturated rings. The molecule has 6 nitrogen and oxygen atoms in total. The third kappa shape index (κ3) is 2.74. The third-order valence-electron chi connectivity index (χ3n) is 3.44. The normalized spacial score (nSPS) is 10.5. The largest absolute Gasteiger partial charge is 0.508 e. The number of para-hydroxylation sites is 1. The molecule has 1 aromatic heterocycles. The minimum Gasteiger partial charge on any atom is -0.508 e. The van der Waals surface area contributed by atoms with Crippen molar-refractivity contribution in [1.82, 2.24) is 4.98 Å². The SMILES string of the molecule is COc1cccc2c(=O)c(C(=O)Nc3cccc(O)c3)c[nH]c12. The zero-order valence-electron chi connectivity index (χ0n) is 12.3. The summed E-state index contributed by atoms with van der Waals surface area (Å²) < 4.78 is 5.19. The van der Waals surface area contributed by atoms with Crippen LogP contribution in [0.1, 0.15) is 10.4 Å². The number of carbonyl (C=O) groups excluding carboxylic acids is 1. The molecule has 0 aliphatic carbocycles. The van der Waals surface area contributed by atoms with E-state index in [1.54, 1.807) is 30.3 Å². The van der Waals surface area contributed by atoms with Gasteiger partial charge >= 0.3 is 0 Å². The van der Waals surface area contributed by atoms with Crippen molar-refractivity contribution in [3.8, 4) is 11.5 Å². The van der Waals surface area contributed by atoms with E-state index >= 15 is 0 Å². The highest BCUT2D eigenvalue weighted by atomic mass is 16.5. The van der Waals surface area contributed by atoms with Crippen LogP contribution in [0.15, 0.2) is 53.5 Å². The predicted molar refractivity (Wildman–Crippen MR) is 87.2 cm³/mol. The zero-order chi connectivity index (χ0) is 16.4. The number of amides is 1. The van der Waals surface area contributed by atoms with Gasteiger partial charge in [-0.25, -0.2) is 0 Å². The van der Waals surface area contributed by atoms with E-state index in [-0.39, 0.29) is 11.3 Å². The number of ether oxygens (including phenoxy) is 1. The van der Waals surface area contributed by atoms with Gasteiger partial charge in [0.05, 0.1) is 18.0 Å². The number of aromatic hydroxyl groups is 1. The predicted octanol–water partition coefficient (Wildman–Crippen LogP) is 2.49. The number of phenols is 1. The Hall–Kier alpha value is -3.28. The molecule has 0 saturated heterocycles. The van der Waals surface area contributed by atoms with Gasteiger partial charge in [0, 0.05) is 18.0 Å². The van der Waals surface area contributed by atoms with Crippen LogP contribution in [0.4, 0.5) is 5.69 Å². The Kier molecular flexibility index (Phi) is 3.72. The number of hydrogen-bond donors (Lipinski definition) is 3. The van der Waals surface area contributed by atoms with Crippen molar-refractivity contribution in [2.45, 2.75) is 0 Å². The van der Waals surface area contributed by atoms with E-state index in [2.05, 4.69) is 10.3 Å². The maximum atomic E-state index is 12.5. The molecule has 0 aliphatic rings. The Morgan fingerprint density at radius 1 is 1.22 bits per heavy atom. The highest BCUT2D eigenvalue weighted by Gasteiger charge is 2.15. The molecule has 0 spiro atoms. The van der Waals surface area contributed by atoms with Gasteiger partial charge in [-0.05, 0) is 24.3 Å². The molecule has 3 aromatic rings. The Bertz CT molecular complexity index is 947. The molecule has 3 rings (SSSR count). The van der Waals surface area contributed by atoms with Crippen molar-refractivity contribution in [2.24, 2.45) is 0 Å². The second-order valence-electron chi connectivity index (χ2n) is 4.92. The number of hydrogen-bond acceptors (Lipinski definition) is 4. The maximum absolute atomic E-state index is 12.5. The number of methoxy groups -OCH3 is 1. The molecule has 1 amide bonds. The van der Waals surface area contributed by atoms with Crippen LogP contribution in [-0.4, -0.2) is 23.1 Å². The highest BCUT2D eigenvalue weighted by Crippen LogP contribution is 2.21. The van der Waals surface area contributed by atoms with Crippen LogP contribution in [-0.2, 0) is 0 Å². The number of carbonyl (C=O) groups is 1. The summed E-state index contributed by atoms with van der Waals surface area (Å²) in [7, 11) is 1.51. The molecule has 3 N–H and O–H groups in total. The second kappa shape index (κ2) is 5.84. The van der Waals surface area contributed by atoms with E-state index < -0.39 is 11.3 Å². The van der Waals surface area contributed by atoms with Crippen molar-refractivity contribution in [3.63, 3.8) is 0 Å². The maximum Gasteiger partial charge on any atom is 0.261 e. The summed E-state index contributed by atoms with van der Waals surface area (Å²) in [5, 5.41) is 12.4. The molecule has 1 heterocycles. The van der Waals surface area contributed by atoms with Crippen molar-refractivity contribution < 1.29 is 14.6 Å². The number of rotatable bonds is 3. The zero-order valence-corrected chi connectivity index (χ0v) is 12.3. The van der Waals surface area contributed by atoms with Gasteiger partial charge in [-0.2, -0.15) is 0 Å². The van der Waals surface area contributed by atoms with Gasteiger partial charge < -0.3 is 20.1 Å². The third-order valence-corrected chi connectivity index (χ3v) is 3.44. The lowest BCUT2D eigenvalue weighted by atomic mass is 10.1. The Balaban J connectivity index is 2.01. The molecule has 0 saturated carbocycles. The number of aromatic nitrogens is 1. The van der Waals surface area contributed by atoms with E-state index in [0.29, 0.717) is 22.3 Å². The summed E-state index contributed by atoms with van der Waals surface area (Å²) in [6.07, 6.45) is 1.35. The van der Waals surface area contributed by atoms with Gasteiger partial charge in [-0.3, -0.25) is 9.59 Å². The smallest absolute Gasteiger partial charge is 0.261 e. The molecule has 0 bridgehead atoms. The standard InChI is InChI=1S/C17H14N2O4/c1-23-14-7-3-6-12-15(14)18-9-13(16(12)21)17(22)19-10-4-2-5-11(20)8-10/h2-9,20H,1H3,(H,18,21)(H,19,22). The van der Waals surface area contributed by atoms with E-state index in [1.165, 1.54) is 25.4 Å². The monoisotopic (exact) mass is 310 g/mol. The molecule has 0 aliphatic heterocycles. The van der Waals surface area contributed by atoms with E-state index in [9.17, 15) is 14.7 Å². The Morgan fingerprint density at radius 2 is 2.00 bits per heavy atom. The second-order valence-corrected chi connectivity index (χ2v) is 4.92. The fraction of sp³-hybridized carbons (Fsp3) is 0.0588. The number of anilines is 1. The molecular weight excluding hydrogens is 296 g/mol. The molecule has 0 radical (unpaired) electrons. The molecule has 6 heteroatoms. The molecular formula is C17H14N2O4. The minimum absolute atomic E-state index is 0.0194. The first kappa shape index (κ1) is 14.6. The fourth-order valence-electron chi connectivity index (χ4n) is 2.35. The number of pyridine rings is 1. The number of aromatic amines is 1. The lowest BCUT2D eigenvalue weighted by molar-refractivity contribution is 0.102. The minimum atomic E-state index is -0.554. The quantitative estimate of drug-likeness (QED) is 0.693. The summed E-state index contributed by atoms with van der Waals surface area (Å²) in [5.74, 6) is 0.000988. The lowest BCUT2D eigenvalue weighted by Gasteiger charge is -2.08. The molecule has 23 heavy (non-hydrogen) atoms. The van der Waals surface area contributed by atoms with Crippen LogP contribution < -0.4 is 15.5 Å². The Labute approximate surface area is 131 Å². The van der Waals surface area contributed by atoms with Gasteiger partial charge in [0.15, 0.2) is 0 Å². The van der Waals surface area contributed by atoms with Crippen LogP contribution in [0, 0.1) is 0 Å². The summed E-state index contributed by atoms with van der Waals surface area (Å²) in [6, 6.07) is 11.1. The van der Waals surface area contributed by atoms with Crippen molar-refractivity contribution in [3.05, 3.63) is 64.4 Å². The van der Waals surface area contributed by atoms with Crippen molar-refractivity contribution in [1.29, 1.82) is 0 Å². The summed E-state index contributed by atoms with van der Waals surface area (Å²) >= 11 is 0. The average Bonchev–Trinajstić information content (AvgIpc) is 2.54. The van der Waals surface area contributed by atoms with Crippen LogP contribution in [0.2, 0.25) is 0 Å². The summed E-state index contributed by atoms with van der Waals surface area (Å²) in [5.41, 5.74) is 0.526. The molecule has 0 unspecified atom stereocenters. The van der Waals surface area contributed by atoms with E-state index in [0.717, 1.165) is 0 Å². The number of H-pyrrole nitrogens is 1. The number of benzene rings is 2. The van der Waals surface area contributed by atoms with E-state index in [4.69, 9.17) is 4.74 Å². The molecule has 116 valence electrons. The number of nitrogens with one attached hydrogen (secondary N) is 2. The first-order valence-electron chi connectivity index (χ1n) is 6.89. The number of fused-ring (bicyclic) bond motifs is 1. The van der Waals surface area contributed by atoms with Crippen molar-refractivity contribution >= 4 is 22.5 Å². The van der Waals surface area contributed by atoms with E-state index in [1.807, 2.05) is 0 Å².